The summed E-state index contributed by atoms with van der Waals surface area (Å²) in [5.74, 6) is 0.288. The quantitative estimate of drug-likeness (QED) is 0.527. The average Bonchev–Trinajstić information content (AvgIpc) is 2.12. The van der Waals surface area contributed by atoms with Gasteiger partial charge in [0.05, 0.1) is 13.0 Å². The summed E-state index contributed by atoms with van der Waals surface area (Å²) < 4.78 is 5.02. The summed E-state index contributed by atoms with van der Waals surface area (Å²) in [5, 5.41) is 0. The smallest absolute Gasteiger partial charge is 0.306 e. The number of allylic oxidation sites excluding steroid dienone is 2. The summed E-state index contributed by atoms with van der Waals surface area (Å²) in [6, 6.07) is 0. The fraction of sp³-hybridized carbons (Fsp3) is 0.769. The Bertz CT molecular complexity index is 264. The molecule has 0 saturated heterocycles. The second-order valence-electron chi connectivity index (χ2n) is 5.04. The van der Waals surface area contributed by atoms with Crippen LogP contribution in [0, 0.1) is 11.3 Å². The number of hydrogen-bond acceptors (Lipinski definition) is 2. The third kappa shape index (κ3) is 3.08. The molecule has 1 aliphatic carbocycles. The molecule has 1 aliphatic rings. The fourth-order valence-corrected chi connectivity index (χ4v) is 2.43. The van der Waals surface area contributed by atoms with Crippen LogP contribution in [0.5, 0.6) is 0 Å². The molecule has 2 heteroatoms. The molecule has 0 N–H and O–H groups in total. The zero-order chi connectivity index (χ0) is 11.5. The number of rotatable bonds is 3. The van der Waals surface area contributed by atoms with Crippen molar-refractivity contribution < 1.29 is 9.53 Å². The Labute approximate surface area is 92.7 Å². The average molecular weight is 210 g/mol. The molecular weight excluding hydrogens is 188 g/mol. The fourth-order valence-electron chi connectivity index (χ4n) is 2.43. The van der Waals surface area contributed by atoms with E-state index in [0.29, 0.717) is 18.9 Å². The molecule has 1 atom stereocenters. The molecular formula is C13H22O2. The van der Waals surface area contributed by atoms with E-state index in [1.54, 1.807) is 0 Å². The maximum Gasteiger partial charge on any atom is 0.306 e. The second-order valence-corrected chi connectivity index (χ2v) is 5.04. The number of carbonyl (C=O) groups is 1. The van der Waals surface area contributed by atoms with Crippen LogP contribution in [0.15, 0.2) is 11.6 Å². The molecule has 0 aromatic rings. The van der Waals surface area contributed by atoms with E-state index in [0.717, 1.165) is 12.8 Å². The van der Waals surface area contributed by atoms with Gasteiger partial charge >= 0.3 is 5.97 Å². The van der Waals surface area contributed by atoms with Crippen LogP contribution in [0.25, 0.3) is 0 Å². The maximum atomic E-state index is 11.5. The Kier molecular flexibility index (Phi) is 3.95. The molecule has 0 amide bonds. The zero-order valence-corrected chi connectivity index (χ0v) is 10.3. The first-order chi connectivity index (χ1) is 6.97. The molecule has 0 aromatic heterocycles. The van der Waals surface area contributed by atoms with Crippen LogP contribution in [0.3, 0.4) is 0 Å². The molecule has 0 fully saturated rings. The van der Waals surface area contributed by atoms with Gasteiger partial charge in [-0.25, -0.2) is 0 Å². The maximum absolute atomic E-state index is 11.5. The van der Waals surface area contributed by atoms with E-state index in [2.05, 4.69) is 26.8 Å². The molecule has 0 heterocycles. The van der Waals surface area contributed by atoms with Gasteiger partial charge in [0, 0.05) is 0 Å². The van der Waals surface area contributed by atoms with Gasteiger partial charge in [0.25, 0.3) is 0 Å². The minimum Gasteiger partial charge on any atom is -0.466 e. The Morgan fingerprint density at radius 1 is 1.60 bits per heavy atom. The minimum atomic E-state index is -0.0646. The molecule has 1 rings (SSSR count). The van der Waals surface area contributed by atoms with Gasteiger partial charge in [-0.2, -0.15) is 0 Å². The highest BCUT2D eigenvalue weighted by atomic mass is 16.5. The predicted molar refractivity (Wildman–Crippen MR) is 61.5 cm³/mol. The molecule has 0 saturated carbocycles. The third-order valence-corrected chi connectivity index (χ3v) is 3.42. The van der Waals surface area contributed by atoms with Crippen molar-refractivity contribution >= 4 is 5.97 Å². The van der Waals surface area contributed by atoms with Crippen LogP contribution < -0.4 is 0 Å². The van der Waals surface area contributed by atoms with Gasteiger partial charge < -0.3 is 4.74 Å². The number of ether oxygens (including phenoxy) is 1. The first-order valence-corrected chi connectivity index (χ1v) is 5.79. The normalized spacial score (nSPS) is 24.5. The SMILES string of the molecule is CCOC(=O)CC1C(C)=CCCC1(C)C. The van der Waals surface area contributed by atoms with Gasteiger partial charge in [-0.05, 0) is 38.0 Å². The van der Waals surface area contributed by atoms with Gasteiger partial charge in [0.2, 0.25) is 0 Å². The van der Waals surface area contributed by atoms with Crippen LogP contribution in [0.4, 0.5) is 0 Å². The van der Waals surface area contributed by atoms with Crippen LogP contribution in [-0.4, -0.2) is 12.6 Å². The van der Waals surface area contributed by atoms with Gasteiger partial charge in [-0.3, -0.25) is 4.79 Å². The molecule has 1 unspecified atom stereocenters. The largest absolute Gasteiger partial charge is 0.466 e. The summed E-state index contributed by atoms with van der Waals surface area (Å²) in [6.45, 7) is 8.95. The summed E-state index contributed by atoms with van der Waals surface area (Å²) in [4.78, 5) is 11.5. The van der Waals surface area contributed by atoms with Gasteiger partial charge in [-0.15, -0.1) is 0 Å². The van der Waals surface area contributed by atoms with Gasteiger partial charge in [-0.1, -0.05) is 25.5 Å². The highest BCUT2D eigenvalue weighted by Crippen LogP contribution is 2.42. The zero-order valence-electron chi connectivity index (χ0n) is 10.3. The highest BCUT2D eigenvalue weighted by Gasteiger charge is 2.34. The lowest BCUT2D eigenvalue weighted by atomic mass is 9.67. The Balaban J connectivity index is 2.68. The topological polar surface area (TPSA) is 26.3 Å². The summed E-state index contributed by atoms with van der Waals surface area (Å²) >= 11 is 0. The third-order valence-electron chi connectivity index (χ3n) is 3.42. The van der Waals surface area contributed by atoms with E-state index < -0.39 is 0 Å². The monoisotopic (exact) mass is 210 g/mol. The molecule has 15 heavy (non-hydrogen) atoms. The Hall–Kier alpha value is -0.790. The van der Waals surface area contributed by atoms with Crippen LogP contribution in [0.1, 0.15) is 47.0 Å². The van der Waals surface area contributed by atoms with Crippen LogP contribution >= 0.6 is 0 Å². The van der Waals surface area contributed by atoms with Gasteiger partial charge in [0.15, 0.2) is 0 Å². The van der Waals surface area contributed by atoms with E-state index in [-0.39, 0.29) is 11.4 Å². The van der Waals surface area contributed by atoms with Crippen LogP contribution in [-0.2, 0) is 9.53 Å². The second kappa shape index (κ2) is 4.82. The minimum absolute atomic E-state index is 0.0646. The van der Waals surface area contributed by atoms with Crippen molar-refractivity contribution in [3.05, 3.63) is 11.6 Å². The van der Waals surface area contributed by atoms with Crippen molar-refractivity contribution in [3.8, 4) is 0 Å². The lowest BCUT2D eigenvalue weighted by Crippen LogP contribution is -2.30. The number of esters is 1. The first kappa shape index (κ1) is 12.3. The van der Waals surface area contributed by atoms with E-state index in [1.807, 2.05) is 6.92 Å². The van der Waals surface area contributed by atoms with Crippen LogP contribution in [0.2, 0.25) is 0 Å². The molecule has 0 radical (unpaired) electrons. The van der Waals surface area contributed by atoms with E-state index in [4.69, 9.17) is 4.74 Å². The molecule has 0 aliphatic heterocycles. The Morgan fingerprint density at radius 3 is 2.80 bits per heavy atom. The molecule has 0 bridgehead atoms. The highest BCUT2D eigenvalue weighted by molar-refractivity contribution is 5.70. The van der Waals surface area contributed by atoms with Crippen molar-refractivity contribution in [2.75, 3.05) is 6.61 Å². The van der Waals surface area contributed by atoms with Crippen molar-refractivity contribution in [1.82, 2.24) is 0 Å². The molecule has 0 spiro atoms. The summed E-state index contributed by atoms with van der Waals surface area (Å²) in [6.07, 6.45) is 5.09. The Morgan fingerprint density at radius 2 is 2.27 bits per heavy atom. The van der Waals surface area contributed by atoms with Crippen molar-refractivity contribution in [2.24, 2.45) is 11.3 Å². The van der Waals surface area contributed by atoms with Crippen molar-refractivity contribution in [3.63, 3.8) is 0 Å². The van der Waals surface area contributed by atoms with Crippen molar-refractivity contribution in [1.29, 1.82) is 0 Å². The van der Waals surface area contributed by atoms with E-state index >= 15 is 0 Å². The number of hydrogen-bond donors (Lipinski definition) is 0. The summed E-state index contributed by atoms with van der Waals surface area (Å²) in [5.41, 5.74) is 1.57. The lowest BCUT2D eigenvalue weighted by molar-refractivity contribution is -0.145. The lowest BCUT2D eigenvalue weighted by Gasteiger charge is -2.37. The van der Waals surface area contributed by atoms with Gasteiger partial charge in [0.1, 0.15) is 0 Å². The predicted octanol–water partition coefficient (Wildman–Crippen LogP) is 3.32. The standard InChI is InChI=1S/C13H22O2/c1-5-15-12(14)9-11-10(2)7-6-8-13(11,3)4/h7,11H,5-6,8-9H2,1-4H3. The molecule has 0 aromatic carbocycles. The summed E-state index contributed by atoms with van der Waals surface area (Å²) in [7, 11) is 0. The van der Waals surface area contributed by atoms with Crippen molar-refractivity contribution in [2.45, 2.75) is 47.0 Å². The molecule has 86 valence electrons. The van der Waals surface area contributed by atoms with E-state index in [9.17, 15) is 4.79 Å². The number of carbonyl (C=O) groups excluding carboxylic acids is 1. The molecule has 2 nitrogen and oxygen atoms in total. The first-order valence-electron chi connectivity index (χ1n) is 5.79. The van der Waals surface area contributed by atoms with E-state index in [1.165, 1.54) is 5.57 Å².